The number of hydrogen-bond acceptors (Lipinski definition) is 4. The molecular weight excluding hydrogens is 392 g/mol. The molecule has 2 aliphatic carbocycles. The molecule has 4 heteroatoms. The average molecular weight is 439 g/mol. The molecule has 0 saturated heterocycles. The molecule has 0 aromatic heterocycles. The second-order valence-electron chi connectivity index (χ2n) is 10.3. The van der Waals surface area contributed by atoms with E-state index in [1.165, 1.54) is 77.3 Å². The van der Waals surface area contributed by atoms with Gasteiger partial charge in [0.15, 0.2) is 0 Å². The summed E-state index contributed by atoms with van der Waals surface area (Å²) in [6.45, 7) is 13.2. The van der Waals surface area contributed by atoms with Crippen molar-refractivity contribution in [1.82, 2.24) is 9.80 Å². The van der Waals surface area contributed by atoms with Gasteiger partial charge in [-0.3, -0.25) is 0 Å². The Morgan fingerprint density at radius 1 is 0.655 bits per heavy atom. The van der Waals surface area contributed by atoms with Crippen LogP contribution < -0.4 is 0 Å². The minimum atomic E-state index is 0.759. The Bertz CT molecular complexity index is 439. The molecule has 0 spiro atoms. The van der Waals surface area contributed by atoms with Gasteiger partial charge >= 0.3 is 0 Å². The summed E-state index contributed by atoms with van der Waals surface area (Å²) in [5.74, 6) is 1.52. The van der Waals surface area contributed by atoms with Crippen LogP contribution in [0.4, 0.5) is 0 Å². The fraction of sp³-hybridized carbons (Fsp3) is 0.920. The molecule has 1 heterocycles. The number of rotatable bonds is 10. The smallest absolute Gasteiger partial charge is 0.0894 e. The predicted octanol–water partition coefficient (Wildman–Crippen LogP) is 7.21. The normalized spacial score (nSPS) is 24.1. The minimum absolute atomic E-state index is 0.759. The molecule has 0 aromatic carbocycles. The van der Waals surface area contributed by atoms with Crippen LogP contribution in [0, 0.1) is 11.8 Å². The Kier molecular flexibility index (Phi) is 9.95. The van der Waals surface area contributed by atoms with Gasteiger partial charge in [-0.25, -0.2) is 0 Å². The van der Waals surface area contributed by atoms with Crippen LogP contribution in [0.1, 0.15) is 91.9 Å². The number of thioether (sulfide) groups is 2. The summed E-state index contributed by atoms with van der Waals surface area (Å²) in [6, 6.07) is 0. The van der Waals surface area contributed by atoms with Gasteiger partial charge in [-0.2, -0.15) is 23.5 Å². The highest BCUT2D eigenvalue weighted by atomic mass is 32.2. The van der Waals surface area contributed by atoms with E-state index in [4.69, 9.17) is 0 Å². The van der Waals surface area contributed by atoms with Gasteiger partial charge in [0.2, 0.25) is 0 Å². The third-order valence-corrected chi connectivity index (χ3v) is 10.8. The molecule has 3 aliphatic rings. The van der Waals surface area contributed by atoms with Gasteiger partial charge in [0.05, 0.1) is 6.67 Å². The molecule has 2 fully saturated rings. The number of nitrogens with zero attached hydrogens (tertiary/aromatic N) is 2. The largest absolute Gasteiger partial charge is 0.357 e. The van der Waals surface area contributed by atoms with E-state index >= 15 is 0 Å². The monoisotopic (exact) mass is 438 g/mol. The zero-order valence-corrected chi connectivity index (χ0v) is 21.2. The fourth-order valence-electron chi connectivity index (χ4n) is 4.93. The summed E-state index contributed by atoms with van der Waals surface area (Å²) in [7, 11) is 0. The van der Waals surface area contributed by atoms with Gasteiger partial charge in [0, 0.05) is 46.5 Å². The van der Waals surface area contributed by atoms with E-state index in [-0.39, 0.29) is 0 Å². The highest BCUT2D eigenvalue weighted by Crippen LogP contribution is 2.36. The summed E-state index contributed by atoms with van der Waals surface area (Å²) in [4.78, 5) is 5.17. The second-order valence-corrected chi connectivity index (χ2v) is 13.4. The van der Waals surface area contributed by atoms with Crippen molar-refractivity contribution in [1.29, 1.82) is 0 Å². The van der Waals surface area contributed by atoms with Crippen molar-refractivity contribution in [3.05, 3.63) is 12.4 Å². The molecule has 0 bridgehead atoms. The maximum Gasteiger partial charge on any atom is 0.0894 e. The van der Waals surface area contributed by atoms with Gasteiger partial charge in [-0.05, 0) is 37.5 Å². The first kappa shape index (κ1) is 23.7. The lowest BCUT2D eigenvalue weighted by Gasteiger charge is -2.33. The van der Waals surface area contributed by atoms with Crippen LogP contribution in [-0.2, 0) is 0 Å². The Morgan fingerprint density at radius 2 is 1.03 bits per heavy atom. The Morgan fingerprint density at radius 3 is 1.38 bits per heavy atom. The van der Waals surface area contributed by atoms with E-state index in [2.05, 4.69) is 73.4 Å². The van der Waals surface area contributed by atoms with Crippen molar-refractivity contribution < 1.29 is 0 Å². The highest BCUT2D eigenvalue weighted by molar-refractivity contribution is 8.00. The van der Waals surface area contributed by atoms with Crippen LogP contribution in [-0.4, -0.2) is 50.6 Å². The standard InChI is InChI=1S/C25H46N2S2/c1-20(2)24(28-22-11-7-5-8-12-22)17-26-15-16-27(19-26)18-25(21(3)4)29-23-13-9-6-10-14-23/h15-16,20-25H,5-14,17-19H2,1-4H3/t24-,25-/m0/s1. The summed E-state index contributed by atoms with van der Waals surface area (Å²) >= 11 is 4.61. The van der Waals surface area contributed by atoms with E-state index in [1.807, 2.05) is 0 Å². The lowest BCUT2D eigenvalue weighted by atomic mass is 10.0. The summed E-state index contributed by atoms with van der Waals surface area (Å²) in [6.07, 6.45) is 19.3. The van der Waals surface area contributed by atoms with Crippen molar-refractivity contribution in [3.63, 3.8) is 0 Å². The van der Waals surface area contributed by atoms with Gasteiger partial charge in [-0.15, -0.1) is 0 Å². The topological polar surface area (TPSA) is 6.48 Å². The van der Waals surface area contributed by atoms with Crippen molar-refractivity contribution in [2.75, 3.05) is 19.8 Å². The van der Waals surface area contributed by atoms with Crippen molar-refractivity contribution in [3.8, 4) is 0 Å². The summed E-state index contributed by atoms with van der Waals surface area (Å²) in [5.41, 5.74) is 0. The summed E-state index contributed by atoms with van der Waals surface area (Å²) < 4.78 is 0. The third-order valence-electron chi connectivity index (χ3n) is 7.01. The first-order chi connectivity index (χ1) is 14.0. The van der Waals surface area contributed by atoms with E-state index in [0.29, 0.717) is 0 Å². The van der Waals surface area contributed by atoms with Crippen LogP contribution in [0.15, 0.2) is 12.4 Å². The van der Waals surface area contributed by atoms with E-state index in [9.17, 15) is 0 Å². The predicted molar refractivity (Wildman–Crippen MR) is 134 cm³/mol. The molecule has 0 aromatic rings. The SMILES string of the molecule is CC(C)[C@H](CN1C=CN(C[C@H](SC2CCCCC2)C(C)C)C1)SC1CCCCC1. The molecule has 2 atom stereocenters. The second kappa shape index (κ2) is 12.2. The van der Waals surface area contributed by atoms with Gasteiger partial charge < -0.3 is 9.80 Å². The van der Waals surface area contributed by atoms with Crippen LogP contribution >= 0.6 is 23.5 Å². The first-order valence-corrected chi connectivity index (χ1v) is 14.4. The lowest BCUT2D eigenvalue weighted by Crippen LogP contribution is -2.37. The zero-order valence-electron chi connectivity index (χ0n) is 19.5. The molecule has 3 rings (SSSR count). The van der Waals surface area contributed by atoms with E-state index in [1.54, 1.807) is 0 Å². The number of hydrogen-bond donors (Lipinski definition) is 0. The van der Waals surface area contributed by atoms with Gasteiger partial charge in [0.1, 0.15) is 0 Å². The van der Waals surface area contributed by atoms with E-state index in [0.717, 1.165) is 39.5 Å². The molecule has 0 N–H and O–H groups in total. The van der Waals surface area contributed by atoms with Crippen molar-refractivity contribution in [2.45, 2.75) is 113 Å². The Hall–Kier alpha value is 0.0400. The van der Waals surface area contributed by atoms with E-state index < -0.39 is 0 Å². The zero-order chi connectivity index (χ0) is 20.6. The van der Waals surface area contributed by atoms with Crippen LogP contribution in [0.2, 0.25) is 0 Å². The molecular formula is C25H46N2S2. The fourth-order valence-corrected chi connectivity index (χ4v) is 8.32. The van der Waals surface area contributed by atoms with Crippen LogP contribution in [0.5, 0.6) is 0 Å². The molecule has 0 radical (unpaired) electrons. The minimum Gasteiger partial charge on any atom is -0.357 e. The van der Waals surface area contributed by atoms with Gasteiger partial charge in [0.25, 0.3) is 0 Å². The third kappa shape index (κ3) is 7.91. The Balaban J connectivity index is 1.45. The molecule has 1 aliphatic heterocycles. The lowest BCUT2D eigenvalue weighted by molar-refractivity contribution is 0.251. The molecule has 0 unspecified atom stereocenters. The average Bonchev–Trinajstić information content (AvgIpc) is 3.15. The quantitative estimate of drug-likeness (QED) is 0.355. The summed E-state index contributed by atoms with van der Waals surface area (Å²) in [5, 5.41) is 3.35. The van der Waals surface area contributed by atoms with Crippen LogP contribution in [0.3, 0.4) is 0 Å². The highest BCUT2D eigenvalue weighted by Gasteiger charge is 2.27. The molecule has 168 valence electrons. The first-order valence-electron chi connectivity index (χ1n) is 12.5. The maximum atomic E-state index is 2.59. The maximum absolute atomic E-state index is 2.59. The molecule has 2 nitrogen and oxygen atoms in total. The van der Waals surface area contributed by atoms with Crippen molar-refractivity contribution >= 4 is 23.5 Å². The Labute approximate surface area is 190 Å². The molecule has 0 amide bonds. The molecule has 29 heavy (non-hydrogen) atoms. The van der Waals surface area contributed by atoms with Crippen LogP contribution in [0.25, 0.3) is 0 Å². The van der Waals surface area contributed by atoms with Crippen molar-refractivity contribution in [2.24, 2.45) is 11.8 Å². The van der Waals surface area contributed by atoms with Gasteiger partial charge in [-0.1, -0.05) is 66.2 Å². The molecule has 2 saturated carbocycles.